The summed E-state index contributed by atoms with van der Waals surface area (Å²) in [7, 11) is 2.15. The summed E-state index contributed by atoms with van der Waals surface area (Å²) >= 11 is 0. The Morgan fingerprint density at radius 1 is 1.07 bits per heavy atom. The molecule has 0 radical (unpaired) electrons. The van der Waals surface area contributed by atoms with Crippen molar-refractivity contribution in [3.05, 3.63) is 71.4 Å². The first-order valence-electron chi connectivity index (χ1n) is 10.1. The first-order chi connectivity index (χ1) is 14.0. The van der Waals surface area contributed by atoms with E-state index in [2.05, 4.69) is 38.9 Å². The molecule has 0 unspecified atom stereocenters. The van der Waals surface area contributed by atoms with Gasteiger partial charge in [-0.3, -0.25) is 4.79 Å². The number of hydrogen-bond acceptors (Lipinski definition) is 4. The molecule has 0 bridgehead atoms. The van der Waals surface area contributed by atoms with Crippen LogP contribution >= 0.6 is 0 Å². The summed E-state index contributed by atoms with van der Waals surface area (Å²) in [5, 5.41) is 3.03. The van der Waals surface area contributed by atoms with Crippen LogP contribution in [0.2, 0.25) is 0 Å². The summed E-state index contributed by atoms with van der Waals surface area (Å²) in [6.07, 6.45) is 1.67. The number of aromatic nitrogens is 1. The van der Waals surface area contributed by atoms with Gasteiger partial charge in [-0.1, -0.05) is 0 Å². The molecule has 6 nitrogen and oxygen atoms in total. The van der Waals surface area contributed by atoms with Crippen LogP contribution < -0.4 is 10.2 Å². The molecule has 3 heterocycles. The third-order valence-electron chi connectivity index (χ3n) is 5.71. The maximum Gasteiger partial charge on any atom is 0.257 e. The number of rotatable bonds is 5. The molecule has 1 amide bonds. The standard InChI is InChI=1S/C23H28N4O2/c1-17-15-22(18(2)27(17)16-21-5-4-14-29-21)23(28)24-19-6-8-20(9-7-19)26-12-10-25(3)11-13-26/h4-9,14-15H,10-13,16H2,1-3H3,(H,24,28). The van der Waals surface area contributed by atoms with Crippen molar-refractivity contribution in [3.63, 3.8) is 0 Å². The maximum absolute atomic E-state index is 12.9. The van der Waals surface area contributed by atoms with E-state index in [1.54, 1.807) is 6.26 Å². The Kier molecular flexibility index (Phi) is 5.45. The largest absolute Gasteiger partial charge is 0.467 e. The van der Waals surface area contributed by atoms with Crippen LogP contribution in [0.5, 0.6) is 0 Å². The lowest BCUT2D eigenvalue weighted by molar-refractivity contribution is 0.102. The van der Waals surface area contributed by atoms with Gasteiger partial charge in [0.15, 0.2) is 0 Å². The van der Waals surface area contributed by atoms with Gasteiger partial charge in [0, 0.05) is 48.9 Å². The fourth-order valence-electron chi connectivity index (χ4n) is 3.85. The van der Waals surface area contributed by atoms with E-state index in [1.165, 1.54) is 5.69 Å². The van der Waals surface area contributed by atoms with Gasteiger partial charge in [0.25, 0.3) is 5.91 Å². The zero-order valence-corrected chi connectivity index (χ0v) is 17.3. The highest BCUT2D eigenvalue weighted by atomic mass is 16.3. The topological polar surface area (TPSA) is 53.7 Å². The third kappa shape index (κ3) is 4.22. The molecule has 1 aliphatic rings. The van der Waals surface area contributed by atoms with E-state index in [1.807, 2.05) is 44.2 Å². The molecule has 4 rings (SSSR count). The van der Waals surface area contributed by atoms with Gasteiger partial charge in [-0.05, 0) is 63.4 Å². The summed E-state index contributed by atoms with van der Waals surface area (Å²) in [5.41, 5.74) is 4.67. The van der Waals surface area contributed by atoms with Crippen LogP contribution in [-0.2, 0) is 6.54 Å². The second-order valence-corrected chi connectivity index (χ2v) is 7.74. The van der Waals surface area contributed by atoms with Gasteiger partial charge in [-0.2, -0.15) is 0 Å². The van der Waals surface area contributed by atoms with Gasteiger partial charge < -0.3 is 24.1 Å². The number of nitrogens with one attached hydrogen (secondary N) is 1. The van der Waals surface area contributed by atoms with Gasteiger partial charge in [0.05, 0.1) is 18.4 Å². The zero-order chi connectivity index (χ0) is 20.4. The van der Waals surface area contributed by atoms with Crippen molar-refractivity contribution in [3.8, 4) is 0 Å². The fourth-order valence-corrected chi connectivity index (χ4v) is 3.85. The molecule has 0 spiro atoms. The van der Waals surface area contributed by atoms with Crippen molar-refractivity contribution >= 4 is 17.3 Å². The molecule has 2 aromatic heterocycles. The fraction of sp³-hybridized carbons (Fsp3) is 0.348. The van der Waals surface area contributed by atoms with Crippen LogP contribution in [0.15, 0.2) is 53.1 Å². The van der Waals surface area contributed by atoms with Crippen molar-refractivity contribution in [2.45, 2.75) is 20.4 Å². The molecule has 1 saturated heterocycles. The number of carbonyl (C=O) groups is 1. The highest BCUT2D eigenvalue weighted by Crippen LogP contribution is 2.22. The predicted octanol–water partition coefficient (Wildman–Crippen LogP) is 3.75. The normalized spacial score (nSPS) is 14.9. The molecule has 1 fully saturated rings. The monoisotopic (exact) mass is 392 g/mol. The number of furan rings is 1. The summed E-state index contributed by atoms with van der Waals surface area (Å²) in [5.74, 6) is 0.786. The van der Waals surface area contributed by atoms with Crippen molar-refractivity contribution in [2.75, 3.05) is 43.4 Å². The molecule has 1 aliphatic heterocycles. The number of benzene rings is 1. The second kappa shape index (κ2) is 8.17. The average Bonchev–Trinajstić information content (AvgIpc) is 3.33. The Balaban J connectivity index is 1.44. The van der Waals surface area contributed by atoms with Crippen molar-refractivity contribution in [1.82, 2.24) is 9.47 Å². The minimum absolute atomic E-state index is 0.0869. The highest BCUT2D eigenvalue weighted by Gasteiger charge is 2.17. The molecule has 152 valence electrons. The number of hydrogen-bond donors (Lipinski definition) is 1. The Morgan fingerprint density at radius 2 is 1.79 bits per heavy atom. The van der Waals surface area contributed by atoms with Gasteiger partial charge in [-0.25, -0.2) is 0 Å². The molecule has 29 heavy (non-hydrogen) atoms. The molecule has 1 N–H and O–H groups in total. The minimum atomic E-state index is -0.0869. The lowest BCUT2D eigenvalue weighted by Crippen LogP contribution is -2.44. The summed E-state index contributed by atoms with van der Waals surface area (Å²) in [6, 6.07) is 13.9. The molecule has 0 saturated carbocycles. The predicted molar refractivity (Wildman–Crippen MR) is 116 cm³/mol. The summed E-state index contributed by atoms with van der Waals surface area (Å²) in [4.78, 5) is 17.6. The molecule has 6 heteroatoms. The number of amides is 1. The molecule has 1 aromatic carbocycles. The van der Waals surface area contributed by atoms with Crippen molar-refractivity contribution < 1.29 is 9.21 Å². The number of carbonyl (C=O) groups excluding carboxylic acids is 1. The van der Waals surface area contributed by atoms with Gasteiger partial charge >= 0.3 is 0 Å². The van der Waals surface area contributed by atoms with Crippen LogP contribution in [0.4, 0.5) is 11.4 Å². The van der Waals surface area contributed by atoms with E-state index in [-0.39, 0.29) is 5.91 Å². The molecular weight excluding hydrogens is 364 g/mol. The molecule has 3 aromatic rings. The van der Waals surface area contributed by atoms with E-state index in [0.717, 1.165) is 49.0 Å². The Bertz CT molecular complexity index is 965. The first-order valence-corrected chi connectivity index (χ1v) is 10.1. The summed E-state index contributed by atoms with van der Waals surface area (Å²) in [6.45, 7) is 8.82. The Labute approximate surface area is 171 Å². The van der Waals surface area contributed by atoms with Crippen molar-refractivity contribution in [2.24, 2.45) is 0 Å². The number of likely N-dealkylation sites (N-methyl/N-ethyl adjacent to an activating group) is 1. The van der Waals surface area contributed by atoms with E-state index < -0.39 is 0 Å². The van der Waals surface area contributed by atoms with E-state index in [9.17, 15) is 4.79 Å². The zero-order valence-electron chi connectivity index (χ0n) is 17.3. The Hall–Kier alpha value is -2.99. The SMILES string of the molecule is Cc1cc(C(=O)Nc2ccc(N3CCN(C)CC3)cc2)c(C)n1Cc1ccco1. The van der Waals surface area contributed by atoms with Crippen molar-refractivity contribution in [1.29, 1.82) is 0 Å². The van der Waals surface area contributed by atoms with Gasteiger partial charge in [0.2, 0.25) is 0 Å². The number of anilines is 2. The smallest absolute Gasteiger partial charge is 0.257 e. The maximum atomic E-state index is 12.9. The highest BCUT2D eigenvalue weighted by molar-refractivity contribution is 6.05. The van der Waals surface area contributed by atoms with E-state index in [4.69, 9.17) is 4.42 Å². The lowest BCUT2D eigenvalue weighted by atomic mass is 10.2. The number of aryl methyl sites for hydroxylation is 1. The quantitative estimate of drug-likeness (QED) is 0.719. The minimum Gasteiger partial charge on any atom is -0.467 e. The second-order valence-electron chi connectivity index (χ2n) is 7.74. The first kappa shape index (κ1) is 19.3. The molecule has 0 atom stereocenters. The third-order valence-corrected chi connectivity index (χ3v) is 5.71. The van der Waals surface area contributed by atoms with Crippen LogP contribution in [0, 0.1) is 13.8 Å². The van der Waals surface area contributed by atoms with E-state index >= 15 is 0 Å². The average molecular weight is 393 g/mol. The summed E-state index contributed by atoms with van der Waals surface area (Å²) < 4.78 is 7.55. The van der Waals surface area contributed by atoms with Crippen LogP contribution in [0.1, 0.15) is 27.5 Å². The molecular formula is C23H28N4O2. The van der Waals surface area contributed by atoms with Gasteiger partial charge in [0.1, 0.15) is 5.76 Å². The molecule has 0 aliphatic carbocycles. The number of nitrogens with zero attached hydrogens (tertiary/aromatic N) is 3. The number of piperazine rings is 1. The van der Waals surface area contributed by atoms with Crippen LogP contribution in [0.3, 0.4) is 0 Å². The van der Waals surface area contributed by atoms with Gasteiger partial charge in [-0.15, -0.1) is 0 Å². The van der Waals surface area contributed by atoms with Crippen LogP contribution in [-0.4, -0.2) is 48.6 Å². The Morgan fingerprint density at radius 3 is 2.45 bits per heavy atom. The van der Waals surface area contributed by atoms with E-state index in [0.29, 0.717) is 12.1 Å². The lowest BCUT2D eigenvalue weighted by Gasteiger charge is -2.34. The van der Waals surface area contributed by atoms with Crippen LogP contribution in [0.25, 0.3) is 0 Å².